The zero-order chi connectivity index (χ0) is 31.0. The lowest BCUT2D eigenvalue weighted by Crippen LogP contribution is -2.24. The first-order valence-electron chi connectivity index (χ1n) is 13.8. The van der Waals surface area contributed by atoms with Gasteiger partial charge in [-0.25, -0.2) is 5.48 Å². The molecule has 0 bridgehead atoms. The Labute approximate surface area is 245 Å². The second-order valence-corrected chi connectivity index (χ2v) is 10.3. The quantitative estimate of drug-likeness (QED) is 0.0713. The normalized spacial score (nSPS) is 11.4. The number of hydroxylamine groups is 1. The van der Waals surface area contributed by atoms with Crippen molar-refractivity contribution < 1.29 is 32.9 Å². The number of nitro groups is 1. The number of aromatic nitrogens is 1. The lowest BCUT2D eigenvalue weighted by atomic mass is 10.0. The largest absolute Gasteiger partial charge is 0.416 e. The first-order chi connectivity index (χ1) is 20.5. The van der Waals surface area contributed by atoms with E-state index < -0.39 is 22.6 Å². The average Bonchev–Trinajstić information content (AvgIpc) is 3.32. The van der Waals surface area contributed by atoms with Crippen LogP contribution in [0, 0.1) is 10.1 Å². The number of nitrogens with one attached hydrogen (secondary N) is 2. The summed E-state index contributed by atoms with van der Waals surface area (Å²) in [4.78, 5) is 34.5. The summed E-state index contributed by atoms with van der Waals surface area (Å²) in [6.07, 6.45) is 1.16. The predicted octanol–water partition coefficient (Wildman–Crippen LogP) is 6.39. The van der Waals surface area contributed by atoms with Gasteiger partial charge in [-0.15, -0.1) is 0 Å². The molecule has 0 aliphatic carbocycles. The number of amides is 2. The number of carbonyl (C=O) groups excluding carboxylic acids is 2. The number of alkyl halides is 3. The summed E-state index contributed by atoms with van der Waals surface area (Å²) in [5.41, 5.74) is 4.34. The Hall–Kier alpha value is -4.71. The Bertz CT molecular complexity index is 1580. The lowest BCUT2D eigenvalue weighted by molar-refractivity contribution is -0.384. The van der Waals surface area contributed by atoms with Gasteiger partial charge in [-0.2, -0.15) is 13.2 Å². The minimum absolute atomic E-state index is 0.0660. The molecule has 0 spiro atoms. The van der Waals surface area contributed by atoms with E-state index in [4.69, 9.17) is 5.21 Å². The minimum atomic E-state index is -4.43. The van der Waals surface area contributed by atoms with Crippen LogP contribution in [0.1, 0.15) is 64.7 Å². The van der Waals surface area contributed by atoms with E-state index in [1.54, 1.807) is 23.7 Å². The highest BCUT2D eigenvalue weighted by atomic mass is 19.4. The van der Waals surface area contributed by atoms with Crippen molar-refractivity contribution in [2.24, 2.45) is 0 Å². The molecule has 0 aliphatic heterocycles. The van der Waals surface area contributed by atoms with Crippen molar-refractivity contribution in [3.63, 3.8) is 0 Å². The number of carbonyl (C=O) groups is 2. The Morgan fingerprint density at radius 2 is 1.58 bits per heavy atom. The molecular weight excluding hydrogens is 565 g/mol. The SMILES string of the molecule is O=C(CCCCCCNC(=O)c1ccc(Cc2cn(Cc3ccc(C(F)(F)F)cc3)c3ccc([N+](=O)[O-])cc23)cc1)NO. The van der Waals surface area contributed by atoms with E-state index in [2.05, 4.69) is 5.32 Å². The van der Waals surface area contributed by atoms with Crippen LogP contribution in [0.5, 0.6) is 0 Å². The number of hydrogen-bond donors (Lipinski definition) is 3. The maximum absolute atomic E-state index is 13.0. The van der Waals surface area contributed by atoms with E-state index >= 15 is 0 Å². The summed E-state index contributed by atoms with van der Waals surface area (Å²) in [7, 11) is 0. The van der Waals surface area contributed by atoms with Gasteiger partial charge in [0.1, 0.15) is 0 Å². The van der Waals surface area contributed by atoms with Crippen LogP contribution in [0.15, 0.2) is 72.9 Å². The number of halogens is 3. The Morgan fingerprint density at radius 3 is 2.23 bits per heavy atom. The monoisotopic (exact) mass is 596 g/mol. The summed E-state index contributed by atoms with van der Waals surface area (Å²) in [5.74, 6) is -0.628. The van der Waals surface area contributed by atoms with E-state index in [1.807, 2.05) is 22.9 Å². The van der Waals surface area contributed by atoms with E-state index in [9.17, 15) is 32.9 Å². The summed E-state index contributed by atoms with van der Waals surface area (Å²) in [6.45, 7) is 0.771. The van der Waals surface area contributed by atoms with Gasteiger partial charge in [0.15, 0.2) is 0 Å². The van der Waals surface area contributed by atoms with Gasteiger partial charge in [0.2, 0.25) is 5.91 Å². The molecular formula is C31H31F3N4O5. The number of fused-ring (bicyclic) bond motifs is 1. The zero-order valence-electron chi connectivity index (χ0n) is 23.2. The maximum atomic E-state index is 13.0. The second kappa shape index (κ2) is 14.0. The van der Waals surface area contributed by atoms with Crippen LogP contribution in [0.2, 0.25) is 0 Å². The van der Waals surface area contributed by atoms with Gasteiger partial charge in [-0.05, 0) is 66.3 Å². The zero-order valence-corrected chi connectivity index (χ0v) is 23.2. The summed E-state index contributed by atoms with van der Waals surface area (Å²) in [6, 6.07) is 16.5. The van der Waals surface area contributed by atoms with Gasteiger partial charge < -0.3 is 9.88 Å². The number of rotatable bonds is 13. The van der Waals surface area contributed by atoms with Crippen LogP contribution < -0.4 is 10.8 Å². The van der Waals surface area contributed by atoms with Crippen molar-refractivity contribution in [3.05, 3.63) is 111 Å². The molecule has 4 aromatic rings. The molecule has 0 fully saturated rings. The highest BCUT2D eigenvalue weighted by Crippen LogP contribution is 2.31. The summed E-state index contributed by atoms with van der Waals surface area (Å²) >= 11 is 0. The maximum Gasteiger partial charge on any atom is 0.416 e. The van der Waals surface area contributed by atoms with E-state index in [0.717, 1.165) is 42.5 Å². The molecule has 1 aromatic heterocycles. The molecule has 3 N–H and O–H groups in total. The second-order valence-electron chi connectivity index (χ2n) is 10.3. The predicted molar refractivity (Wildman–Crippen MR) is 154 cm³/mol. The molecule has 0 saturated carbocycles. The highest BCUT2D eigenvalue weighted by Gasteiger charge is 2.30. The molecule has 1 heterocycles. The fourth-order valence-corrected chi connectivity index (χ4v) is 4.86. The number of nitrogens with zero attached hydrogens (tertiary/aromatic N) is 2. The van der Waals surface area contributed by atoms with Crippen molar-refractivity contribution in [3.8, 4) is 0 Å². The van der Waals surface area contributed by atoms with E-state index in [0.29, 0.717) is 41.4 Å². The third kappa shape index (κ3) is 8.41. The van der Waals surface area contributed by atoms with Crippen molar-refractivity contribution in [1.82, 2.24) is 15.4 Å². The topological polar surface area (TPSA) is 127 Å². The van der Waals surface area contributed by atoms with Crippen LogP contribution in [-0.2, 0) is 23.9 Å². The number of benzene rings is 3. The summed E-state index contributed by atoms with van der Waals surface area (Å²) in [5, 5.41) is 23.5. The molecule has 226 valence electrons. The van der Waals surface area contributed by atoms with E-state index in [-0.39, 0.29) is 24.6 Å². The van der Waals surface area contributed by atoms with Crippen LogP contribution in [-0.4, -0.2) is 33.1 Å². The molecule has 4 rings (SSSR count). The van der Waals surface area contributed by atoms with Gasteiger partial charge in [0.05, 0.1) is 10.5 Å². The summed E-state index contributed by atoms with van der Waals surface area (Å²) < 4.78 is 40.8. The average molecular weight is 597 g/mol. The van der Waals surface area contributed by atoms with Crippen LogP contribution in [0.25, 0.3) is 10.9 Å². The molecule has 0 aliphatic rings. The molecule has 0 unspecified atom stereocenters. The number of hydrogen-bond acceptors (Lipinski definition) is 5. The first kappa shape index (κ1) is 31.2. The molecule has 12 heteroatoms. The molecule has 0 saturated heterocycles. The Morgan fingerprint density at radius 1 is 0.907 bits per heavy atom. The van der Waals surface area contributed by atoms with Gasteiger partial charge in [-0.1, -0.05) is 37.1 Å². The first-order valence-corrected chi connectivity index (χ1v) is 13.8. The Balaban J connectivity index is 1.42. The number of unbranched alkanes of at least 4 members (excludes halogenated alkanes) is 3. The van der Waals surface area contributed by atoms with Gasteiger partial charge >= 0.3 is 6.18 Å². The molecule has 0 radical (unpaired) electrons. The van der Waals surface area contributed by atoms with Crippen LogP contribution in [0.4, 0.5) is 18.9 Å². The van der Waals surface area contributed by atoms with E-state index in [1.165, 1.54) is 24.3 Å². The highest BCUT2D eigenvalue weighted by molar-refractivity contribution is 5.94. The lowest BCUT2D eigenvalue weighted by Gasteiger charge is -2.09. The van der Waals surface area contributed by atoms with Crippen LogP contribution in [0.3, 0.4) is 0 Å². The van der Waals surface area contributed by atoms with Crippen molar-refractivity contribution in [1.29, 1.82) is 0 Å². The third-order valence-corrected chi connectivity index (χ3v) is 7.14. The molecule has 9 nitrogen and oxygen atoms in total. The smallest absolute Gasteiger partial charge is 0.352 e. The molecule has 3 aromatic carbocycles. The minimum Gasteiger partial charge on any atom is -0.352 e. The van der Waals surface area contributed by atoms with Gasteiger partial charge in [0, 0.05) is 54.3 Å². The fraction of sp³-hybridized carbons (Fsp3) is 0.290. The van der Waals surface area contributed by atoms with Gasteiger partial charge in [-0.3, -0.25) is 24.9 Å². The van der Waals surface area contributed by atoms with Gasteiger partial charge in [0.25, 0.3) is 11.6 Å². The Kier molecular flexibility index (Phi) is 10.1. The van der Waals surface area contributed by atoms with Crippen molar-refractivity contribution >= 4 is 28.4 Å². The van der Waals surface area contributed by atoms with Crippen LogP contribution >= 0.6 is 0 Å². The molecule has 0 atom stereocenters. The number of nitro benzene ring substituents is 1. The fourth-order valence-electron chi connectivity index (χ4n) is 4.86. The number of non-ortho nitro benzene ring substituents is 1. The van der Waals surface area contributed by atoms with Crippen molar-refractivity contribution in [2.45, 2.75) is 51.2 Å². The van der Waals surface area contributed by atoms with Crippen molar-refractivity contribution in [2.75, 3.05) is 6.54 Å². The molecule has 2 amide bonds. The standard InChI is InChI=1S/C31H31F3N4O5/c32-31(33,34)25-12-8-22(9-13-25)19-37-20-24(27-18-26(38(42)43)14-15-28(27)37)17-21-6-10-23(11-7-21)30(40)35-16-4-2-1-3-5-29(39)36-41/h6-15,18,20,41H,1-5,16-17,19H2,(H,35,40)(H,36,39). The third-order valence-electron chi connectivity index (χ3n) is 7.14. The molecule has 43 heavy (non-hydrogen) atoms.